The topological polar surface area (TPSA) is 97.8 Å². The molecule has 0 aliphatic carbocycles. The maximum atomic E-state index is 9.98. The fourth-order valence-corrected chi connectivity index (χ4v) is 1.06. The number of nitrogens with two attached hydrogens (primary N) is 1. The third kappa shape index (κ3) is 3.52. The first kappa shape index (κ1) is 9.46. The van der Waals surface area contributed by atoms with Crippen molar-refractivity contribution in [3.8, 4) is 0 Å². The molecule has 0 atom stereocenters. The molecule has 1 heterocycles. The van der Waals surface area contributed by atoms with Crippen molar-refractivity contribution in [3.63, 3.8) is 0 Å². The normalized spacial score (nSPS) is 10.5. The highest BCUT2D eigenvalue weighted by atomic mass is 32.1. The van der Waals surface area contributed by atoms with Crippen molar-refractivity contribution in [2.75, 3.05) is 12.3 Å². The predicted molar refractivity (Wildman–Crippen MR) is 47.7 cm³/mol. The van der Waals surface area contributed by atoms with E-state index in [1.807, 2.05) is 0 Å². The van der Waals surface area contributed by atoms with Gasteiger partial charge in [-0.2, -0.15) is 0 Å². The third-order valence-corrected chi connectivity index (χ3v) is 1.68. The second-order valence-corrected chi connectivity index (χ2v) is 2.90. The first-order chi connectivity index (χ1) is 6.18. The highest BCUT2D eigenvalue weighted by Crippen LogP contribution is 2.08. The maximum Gasteiger partial charge on any atom is 0.344 e. The van der Waals surface area contributed by atoms with Gasteiger partial charge in [-0.15, -0.1) is 11.3 Å². The molecule has 70 valence electrons. The first-order valence-electron chi connectivity index (χ1n) is 3.26. The molecule has 6 nitrogen and oxygen atoms in total. The lowest BCUT2D eigenvalue weighted by Crippen LogP contribution is -2.03. The van der Waals surface area contributed by atoms with E-state index in [4.69, 9.17) is 10.8 Å². The first-order valence-corrected chi connectivity index (χ1v) is 4.14. The molecule has 0 unspecified atom stereocenters. The zero-order chi connectivity index (χ0) is 9.68. The summed E-state index contributed by atoms with van der Waals surface area (Å²) in [5.74, 6) is -1.07. The van der Waals surface area contributed by atoms with Gasteiger partial charge in [0.2, 0.25) is 6.61 Å². The molecule has 1 rings (SSSR count). The monoisotopic (exact) mass is 201 g/mol. The zero-order valence-corrected chi connectivity index (χ0v) is 7.32. The number of nitrogens with zero attached hydrogens (tertiary/aromatic N) is 2. The molecule has 0 aliphatic rings. The molecule has 0 aliphatic heterocycles. The number of thiazole rings is 1. The molecule has 0 fully saturated rings. The Morgan fingerprint density at radius 3 is 3.23 bits per heavy atom. The third-order valence-electron chi connectivity index (χ3n) is 0.987. The summed E-state index contributed by atoms with van der Waals surface area (Å²) in [6.07, 6.45) is 1.30. The van der Waals surface area contributed by atoms with Crippen molar-refractivity contribution in [2.45, 2.75) is 0 Å². The van der Waals surface area contributed by atoms with Gasteiger partial charge in [-0.3, -0.25) is 0 Å². The molecule has 0 amide bonds. The molecule has 7 heteroatoms. The molecule has 0 saturated carbocycles. The maximum absolute atomic E-state index is 9.98. The number of hydrogen-bond acceptors (Lipinski definition) is 6. The van der Waals surface area contributed by atoms with Crippen LogP contribution in [-0.4, -0.2) is 28.9 Å². The van der Waals surface area contributed by atoms with Crippen molar-refractivity contribution < 1.29 is 14.7 Å². The van der Waals surface area contributed by atoms with E-state index >= 15 is 0 Å². The van der Waals surface area contributed by atoms with Gasteiger partial charge >= 0.3 is 5.97 Å². The summed E-state index contributed by atoms with van der Waals surface area (Å²) in [6, 6.07) is 0. The number of rotatable bonds is 4. The van der Waals surface area contributed by atoms with Crippen molar-refractivity contribution >= 4 is 28.7 Å². The molecule has 0 bridgehead atoms. The van der Waals surface area contributed by atoms with Crippen LogP contribution in [0.15, 0.2) is 10.5 Å². The van der Waals surface area contributed by atoms with Crippen LogP contribution in [0.2, 0.25) is 0 Å². The average Bonchev–Trinajstić information content (AvgIpc) is 2.45. The SMILES string of the molecule is Nc1nc(C=NOCC(=O)O)cs1. The van der Waals surface area contributed by atoms with Crippen LogP contribution in [0.4, 0.5) is 5.13 Å². The van der Waals surface area contributed by atoms with E-state index < -0.39 is 12.6 Å². The number of carbonyl (C=O) groups is 1. The number of carboxylic acids is 1. The molecule has 3 N–H and O–H groups in total. The van der Waals surface area contributed by atoms with Crippen LogP contribution < -0.4 is 5.73 Å². The van der Waals surface area contributed by atoms with E-state index in [1.54, 1.807) is 5.38 Å². The Hall–Kier alpha value is -1.63. The fraction of sp³-hybridized carbons (Fsp3) is 0.167. The lowest BCUT2D eigenvalue weighted by molar-refractivity contribution is -0.142. The van der Waals surface area contributed by atoms with E-state index in [9.17, 15) is 4.79 Å². The Kier molecular flexibility index (Phi) is 3.21. The largest absolute Gasteiger partial charge is 0.479 e. The van der Waals surface area contributed by atoms with Gasteiger partial charge in [0.25, 0.3) is 0 Å². The molecule has 13 heavy (non-hydrogen) atoms. The smallest absolute Gasteiger partial charge is 0.344 e. The highest BCUT2D eigenvalue weighted by Gasteiger charge is 1.95. The zero-order valence-electron chi connectivity index (χ0n) is 6.51. The summed E-state index contributed by atoms with van der Waals surface area (Å²) < 4.78 is 0. The van der Waals surface area contributed by atoms with Gasteiger partial charge in [0.15, 0.2) is 5.13 Å². The average molecular weight is 201 g/mol. The van der Waals surface area contributed by atoms with Gasteiger partial charge in [0.1, 0.15) is 0 Å². The van der Waals surface area contributed by atoms with Crippen LogP contribution in [0.3, 0.4) is 0 Å². The van der Waals surface area contributed by atoms with Gasteiger partial charge < -0.3 is 15.7 Å². The van der Waals surface area contributed by atoms with E-state index in [2.05, 4.69) is 15.0 Å². The summed E-state index contributed by atoms with van der Waals surface area (Å²) in [7, 11) is 0. The quantitative estimate of drug-likeness (QED) is 0.534. The van der Waals surface area contributed by atoms with Crippen LogP contribution in [0.1, 0.15) is 5.69 Å². The minimum atomic E-state index is -1.07. The Morgan fingerprint density at radius 1 is 1.92 bits per heavy atom. The number of hydrogen-bond donors (Lipinski definition) is 2. The summed E-state index contributed by atoms with van der Waals surface area (Å²) in [6.45, 7) is -0.462. The fourth-order valence-electron chi connectivity index (χ4n) is 0.544. The molecular weight excluding hydrogens is 194 g/mol. The van der Waals surface area contributed by atoms with E-state index in [-0.39, 0.29) is 0 Å². The summed E-state index contributed by atoms with van der Waals surface area (Å²) >= 11 is 1.27. The van der Waals surface area contributed by atoms with E-state index in [0.29, 0.717) is 10.8 Å². The van der Waals surface area contributed by atoms with Gasteiger partial charge in [0.05, 0.1) is 11.9 Å². The second kappa shape index (κ2) is 4.41. The van der Waals surface area contributed by atoms with Crippen molar-refractivity contribution in [1.29, 1.82) is 0 Å². The van der Waals surface area contributed by atoms with Crippen molar-refractivity contribution in [3.05, 3.63) is 11.1 Å². The molecule has 0 spiro atoms. The molecule has 0 saturated heterocycles. The summed E-state index contributed by atoms with van der Waals surface area (Å²) in [4.78, 5) is 18.2. The molecule has 0 radical (unpaired) electrons. The number of anilines is 1. The minimum Gasteiger partial charge on any atom is -0.479 e. The van der Waals surface area contributed by atoms with Gasteiger partial charge in [0, 0.05) is 5.38 Å². The van der Waals surface area contributed by atoms with Crippen LogP contribution in [0.5, 0.6) is 0 Å². The van der Waals surface area contributed by atoms with Crippen LogP contribution in [0.25, 0.3) is 0 Å². The van der Waals surface area contributed by atoms with Crippen molar-refractivity contribution in [1.82, 2.24) is 4.98 Å². The summed E-state index contributed by atoms with van der Waals surface area (Å²) in [5, 5.41) is 13.7. The van der Waals surface area contributed by atoms with Gasteiger partial charge in [-0.1, -0.05) is 5.16 Å². The Bertz CT molecular complexity index is 323. The lowest BCUT2D eigenvalue weighted by Gasteiger charge is -1.90. The molecule has 0 aromatic carbocycles. The van der Waals surface area contributed by atoms with E-state index in [1.165, 1.54) is 17.6 Å². The van der Waals surface area contributed by atoms with Crippen LogP contribution in [0, 0.1) is 0 Å². The van der Waals surface area contributed by atoms with E-state index in [0.717, 1.165) is 0 Å². The highest BCUT2D eigenvalue weighted by molar-refractivity contribution is 7.13. The second-order valence-electron chi connectivity index (χ2n) is 2.01. The minimum absolute atomic E-state index is 0.430. The number of oxime groups is 1. The number of nitrogen functional groups attached to an aromatic ring is 1. The summed E-state index contributed by atoms with van der Waals surface area (Å²) in [5.41, 5.74) is 5.89. The van der Waals surface area contributed by atoms with Gasteiger partial charge in [-0.05, 0) is 0 Å². The standard InChI is InChI=1S/C6H7N3O3S/c7-6-9-4(3-13-6)1-8-12-2-5(10)11/h1,3H,2H2,(H2,7,9)(H,10,11). The molecule has 1 aromatic rings. The number of aliphatic carboxylic acids is 1. The number of carboxylic acid groups (broad SMARTS) is 1. The van der Waals surface area contributed by atoms with Crippen molar-refractivity contribution in [2.24, 2.45) is 5.16 Å². The Balaban J connectivity index is 2.36. The van der Waals surface area contributed by atoms with Gasteiger partial charge in [-0.25, -0.2) is 9.78 Å². The Labute approximate surface area is 77.6 Å². The Morgan fingerprint density at radius 2 is 2.69 bits per heavy atom. The molecule has 1 aromatic heterocycles. The van der Waals surface area contributed by atoms with Crippen LogP contribution >= 0.6 is 11.3 Å². The molecular formula is C6H7N3O3S. The number of aromatic nitrogens is 1. The van der Waals surface area contributed by atoms with Crippen LogP contribution in [-0.2, 0) is 9.63 Å². The predicted octanol–water partition coefficient (Wildman–Crippen LogP) is 0.160. The lowest BCUT2D eigenvalue weighted by atomic mass is 10.6.